The number of nitrogens with one attached hydrogen (secondary N) is 1. The highest BCUT2D eigenvalue weighted by Crippen LogP contribution is 2.33. The number of hydrogen-bond acceptors (Lipinski definition) is 14. The van der Waals surface area contributed by atoms with E-state index in [0.29, 0.717) is 36.0 Å². The van der Waals surface area contributed by atoms with E-state index in [9.17, 15) is 9.59 Å². The SMILES string of the molecule is C=NN/C(=N\N)c1ccccc1-c1ccc(Cn2c(OCC)nc3cccc(C(=O)OC(C)OC(=O)[C@@H]4C[C@H](OC)[C@@H](ON(O)O)C4)c32)cc1. The van der Waals surface area contributed by atoms with Gasteiger partial charge in [0.05, 0.1) is 47.2 Å². The second-order valence-corrected chi connectivity index (χ2v) is 11.3. The Balaban J connectivity index is 1.35. The Hall–Kier alpha value is -5.39. The zero-order valence-electron chi connectivity index (χ0n) is 27.8. The molecular weight excluding hydrogens is 650 g/mol. The molecule has 50 heavy (non-hydrogen) atoms. The molecule has 0 spiro atoms. The molecule has 4 atom stereocenters. The van der Waals surface area contributed by atoms with Crippen LogP contribution in [-0.2, 0) is 30.4 Å². The lowest BCUT2D eigenvalue weighted by Crippen LogP contribution is -2.31. The van der Waals surface area contributed by atoms with Crippen LogP contribution < -0.4 is 16.0 Å². The minimum absolute atomic E-state index is 0.106. The fourth-order valence-electron chi connectivity index (χ4n) is 5.99. The second-order valence-electron chi connectivity index (χ2n) is 11.3. The number of ether oxygens (including phenoxy) is 4. The van der Waals surface area contributed by atoms with E-state index in [-0.39, 0.29) is 18.4 Å². The van der Waals surface area contributed by atoms with Crippen LogP contribution >= 0.6 is 0 Å². The Kier molecular flexibility index (Phi) is 11.7. The van der Waals surface area contributed by atoms with E-state index in [1.54, 1.807) is 22.8 Å². The van der Waals surface area contributed by atoms with E-state index in [0.717, 1.165) is 22.3 Å². The molecule has 264 valence electrons. The number of aromatic nitrogens is 2. The van der Waals surface area contributed by atoms with Crippen molar-refractivity contribution in [1.29, 1.82) is 0 Å². The minimum Gasteiger partial charge on any atom is -0.465 e. The number of carbonyl (C=O) groups is 2. The van der Waals surface area contributed by atoms with Gasteiger partial charge in [0, 0.05) is 26.3 Å². The molecule has 16 nitrogen and oxygen atoms in total. The summed E-state index contributed by atoms with van der Waals surface area (Å²) in [5.41, 5.74) is 7.35. The highest BCUT2D eigenvalue weighted by atomic mass is 17.1. The lowest BCUT2D eigenvalue weighted by molar-refractivity contribution is -0.507. The molecule has 1 aromatic heterocycles. The highest BCUT2D eigenvalue weighted by molar-refractivity contribution is 6.04. The summed E-state index contributed by atoms with van der Waals surface area (Å²) in [7, 11) is 1.42. The van der Waals surface area contributed by atoms with Crippen molar-refractivity contribution in [3.05, 3.63) is 83.4 Å². The number of para-hydroxylation sites is 1. The molecule has 1 aliphatic carbocycles. The monoisotopic (exact) mass is 689 g/mol. The normalized spacial score (nSPS) is 18.2. The largest absolute Gasteiger partial charge is 0.465 e. The first-order valence-corrected chi connectivity index (χ1v) is 15.8. The molecule has 1 heterocycles. The van der Waals surface area contributed by atoms with E-state index in [2.05, 4.69) is 27.3 Å². The lowest BCUT2D eigenvalue weighted by Gasteiger charge is -2.18. The highest BCUT2D eigenvalue weighted by Gasteiger charge is 2.41. The van der Waals surface area contributed by atoms with Gasteiger partial charge >= 0.3 is 11.9 Å². The maximum Gasteiger partial charge on any atom is 0.343 e. The molecule has 1 unspecified atom stereocenters. The molecule has 3 aromatic carbocycles. The molecule has 4 aromatic rings. The number of benzene rings is 3. The fourth-order valence-corrected chi connectivity index (χ4v) is 5.99. The Morgan fingerprint density at radius 2 is 1.78 bits per heavy atom. The van der Waals surface area contributed by atoms with Crippen LogP contribution in [0.1, 0.15) is 48.2 Å². The first kappa shape index (κ1) is 35.9. The van der Waals surface area contributed by atoms with Crippen LogP contribution in [-0.4, -0.2) is 82.1 Å². The molecule has 0 bridgehead atoms. The molecule has 1 fully saturated rings. The minimum atomic E-state index is -1.24. The molecule has 0 amide bonds. The van der Waals surface area contributed by atoms with Gasteiger partial charge in [-0.2, -0.15) is 15.2 Å². The van der Waals surface area contributed by atoms with Crippen LogP contribution in [0.25, 0.3) is 22.2 Å². The first-order chi connectivity index (χ1) is 24.2. The molecule has 0 saturated heterocycles. The number of rotatable bonds is 14. The third-order valence-corrected chi connectivity index (χ3v) is 8.20. The summed E-state index contributed by atoms with van der Waals surface area (Å²) in [6, 6.07) is 20.8. The summed E-state index contributed by atoms with van der Waals surface area (Å²) < 4.78 is 24.0. The van der Waals surface area contributed by atoms with Crippen LogP contribution in [0, 0.1) is 5.92 Å². The summed E-state index contributed by atoms with van der Waals surface area (Å²) in [5, 5.41) is 25.1. The van der Waals surface area contributed by atoms with Crippen molar-refractivity contribution < 1.29 is 43.8 Å². The van der Waals surface area contributed by atoms with Crippen molar-refractivity contribution in [2.24, 2.45) is 22.0 Å². The van der Waals surface area contributed by atoms with Gasteiger partial charge < -0.3 is 24.8 Å². The van der Waals surface area contributed by atoms with E-state index in [4.69, 9.17) is 40.0 Å². The number of methoxy groups -OCH3 is 1. The first-order valence-electron chi connectivity index (χ1n) is 15.8. The van der Waals surface area contributed by atoms with E-state index in [1.807, 2.05) is 55.5 Å². The van der Waals surface area contributed by atoms with Crippen LogP contribution in [0.15, 0.2) is 76.9 Å². The van der Waals surface area contributed by atoms with Crippen molar-refractivity contribution in [3.8, 4) is 17.1 Å². The molecule has 5 N–H and O–H groups in total. The number of esters is 2. The van der Waals surface area contributed by atoms with Crippen LogP contribution in [0.3, 0.4) is 0 Å². The molecule has 1 aliphatic rings. The summed E-state index contributed by atoms with van der Waals surface area (Å²) in [4.78, 5) is 36.0. The van der Waals surface area contributed by atoms with Crippen LogP contribution in [0.2, 0.25) is 0 Å². The Morgan fingerprint density at radius 3 is 2.46 bits per heavy atom. The van der Waals surface area contributed by atoms with Gasteiger partial charge in [0.15, 0.2) is 5.84 Å². The van der Waals surface area contributed by atoms with Crippen molar-refractivity contribution in [3.63, 3.8) is 0 Å². The molecular formula is C34H39N7O9. The maximum atomic E-state index is 13.5. The van der Waals surface area contributed by atoms with Gasteiger partial charge in [-0.05, 0) is 48.6 Å². The number of nitrogens with zero attached hydrogens (tertiary/aromatic N) is 5. The molecule has 0 radical (unpaired) electrons. The summed E-state index contributed by atoms with van der Waals surface area (Å²) >= 11 is 0. The smallest absolute Gasteiger partial charge is 0.343 e. The van der Waals surface area contributed by atoms with Gasteiger partial charge in [0.1, 0.15) is 6.10 Å². The van der Waals surface area contributed by atoms with Crippen LogP contribution in [0.4, 0.5) is 0 Å². The van der Waals surface area contributed by atoms with Gasteiger partial charge in [-0.1, -0.05) is 54.6 Å². The fraction of sp³-hybridized carbons (Fsp3) is 0.324. The van der Waals surface area contributed by atoms with Crippen molar-refractivity contribution in [2.75, 3.05) is 13.7 Å². The average molecular weight is 690 g/mol. The number of amidine groups is 1. The number of hydrogen-bond donors (Lipinski definition) is 4. The predicted octanol–water partition coefficient (Wildman–Crippen LogP) is 3.83. The molecule has 5 rings (SSSR count). The summed E-state index contributed by atoms with van der Waals surface area (Å²) in [5.74, 6) is 3.91. The van der Waals surface area contributed by atoms with Crippen molar-refractivity contribution in [1.82, 2.24) is 20.4 Å². The Bertz CT molecular complexity index is 1840. The lowest BCUT2D eigenvalue weighted by atomic mass is 9.98. The van der Waals surface area contributed by atoms with Crippen LogP contribution in [0.5, 0.6) is 6.01 Å². The summed E-state index contributed by atoms with van der Waals surface area (Å²) in [6.45, 7) is 7.38. The second kappa shape index (κ2) is 16.3. The number of nitrogens with two attached hydrogens (primary N) is 1. The van der Waals surface area contributed by atoms with E-state index >= 15 is 0 Å². The third kappa shape index (κ3) is 8.07. The van der Waals surface area contributed by atoms with Gasteiger partial charge in [-0.3, -0.25) is 25.2 Å². The average Bonchev–Trinajstić information content (AvgIpc) is 3.68. The maximum absolute atomic E-state index is 13.5. The van der Waals surface area contributed by atoms with Crippen molar-refractivity contribution in [2.45, 2.75) is 51.7 Å². The summed E-state index contributed by atoms with van der Waals surface area (Å²) in [6.07, 6.45) is -2.28. The van der Waals surface area contributed by atoms with E-state index < -0.39 is 41.7 Å². The van der Waals surface area contributed by atoms with Gasteiger partial charge in [0.25, 0.3) is 6.01 Å². The number of fused-ring (bicyclic) bond motifs is 1. The Morgan fingerprint density at radius 1 is 1.06 bits per heavy atom. The zero-order chi connectivity index (χ0) is 35.8. The third-order valence-electron chi connectivity index (χ3n) is 8.20. The van der Waals surface area contributed by atoms with Gasteiger partial charge in [-0.15, -0.1) is 0 Å². The number of hydrazone groups is 2. The number of carbonyl (C=O) groups excluding carboxylic acids is 2. The standard InChI is InChI=1S/C34H39N7O9/c1-5-47-34-37-27-12-8-11-26(33(43)49-20(2)48-32(42)23-17-28(46-4)29(18-23)50-41(44)45)30(27)40(34)19-21-13-15-22(16-14-21)24-9-6-7-10-25(24)31(38-35)39-36-3/h6-16,20,23,28-29,44-45H,3,5,17-19,35H2,1-2,4H3,(H,38,39)/t20?,23-,28+,29+/m1/s1. The van der Waals surface area contributed by atoms with Gasteiger partial charge in [0.2, 0.25) is 6.29 Å². The number of imidazole rings is 1. The topological polar surface area (TPSA) is 205 Å². The Labute approximate surface area is 287 Å². The predicted molar refractivity (Wildman–Crippen MR) is 180 cm³/mol. The molecule has 0 aliphatic heterocycles. The molecule has 1 saturated carbocycles. The molecule has 16 heteroatoms. The van der Waals surface area contributed by atoms with E-state index in [1.165, 1.54) is 14.0 Å². The van der Waals surface area contributed by atoms with Gasteiger partial charge in [-0.25, -0.2) is 9.63 Å². The quantitative estimate of drug-likeness (QED) is 0.0372. The zero-order valence-corrected chi connectivity index (χ0v) is 27.8. The van der Waals surface area contributed by atoms with Crippen molar-refractivity contribution >= 4 is 35.5 Å².